The fourth-order valence-corrected chi connectivity index (χ4v) is 9.85. The fourth-order valence-electron chi connectivity index (χ4n) is 9.85. The molecular weight excluding hydrogens is 576 g/mol. The van der Waals surface area contributed by atoms with Gasteiger partial charge in [-0.1, -0.05) is 39.0 Å². The quantitative estimate of drug-likeness (QED) is 0.353. The molecule has 9 heteroatoms. The van der Waals surface area contributed by atoms with Gasteiger partial charge >= 0.3 is 0 Å². The van der Waals surface area contributed by atoms with E-state index in [2.05, 4.69) is 27.4 Å². The lowest BCUT2D eigenvalue weighted by Gasteiger charge is -2.61. The number of hydrogen-bond acceptors (Lipinski definition) is 9. The Kier molecular flexibility index (Phi) is 7.25. The van der Waals surface area contributed by atoms with Crippen molar-refractivity contribution in [3.8, 4) is 11.5 Å². The predicted molar refractivity (Wildman–Crippen MR) is 166 cm³/mol. The molecule has 8 atom stereocenters. The third-order valence-corrected chi connectivity index (χ3v) is 11.8. The standard InChI is InChI=1S/C36H42O9/c1-17-7-8-21-33(43)28(44-6)14-30(42)36(21,31-13-26(41)32-25(40)9-19(37)10-27(32)45-31)22(17)11-23-18(2)24(39)12-29-34(3,4)15-20(38)16-35(23,29)5/h7,9-10,13-14,20-24,29,37-40H,2,8,11-12,15-16H2,1,3-6H3/t20-,21-,22+,23+,24-,29-,35+,36-/m0/s1. The molecular formula is C36H42O9. The number of methoxy groups -OCH3 is 1. The van der Waals surface area contributed by atoms with E-state index in [1.807, 2.05) is 13.0 Å². The molecule has 0 saturated heterocycles. The molecule has 240 valence electrons. The number of aromatic hydroxyl groups is 2. The minimum atomic E-state index is -1.66. The Morgan fingerprint density at radius 3 is 2.44 bits per heavy atom. The summed E-state index contributed by atoms with van der Waals surface area (Å²) in [4.78, 5) is 42.1. The Morgan fingerprint density at radius 2 is 1.76 bits per heavy atom. The highest BCUT2D eigenvalue weighted by molar-refractivity contribution is 6.14. The van der Waals surface area contributed by atoms with E-state index < -0.39 is 57.6 Å². The van der Waals surface area contributed by atoms with Gasteiger partial charge in [-0.3, -0.25) is 14.4 Å². The van der Waals surface area contributed by atoms with Crippen LogP contribution < -0.4 is 5.43 Å². The molecule has 0 unspecified atom stereocenters. The van der Waals surface area contributed by atoms with Crippen molar-refractivity contribution in [2.75, 3.05) is 7.11 Å². The van der Waals surface area contributed by atoms with Gasteiger partial charge in [0.05, 0.1) is 19.3 Å². The summed E-state index contributed by atoms with van der Waals surface area (Å²) in [5.41, 5.74) is -1.70. The van der Waals surface area contributed by atoms with Crippen LogP contribution in [0.1, 0.15) is 65.6 Å². The minimum Gasteiger partial charge on any atom is -0.508 e. The highest BCUT2D eigenvalue weighted by Crippen LogP contribution is 2.64. The average Bonchev–Trinajstić information content (AvgIpc) is 2.93. The number of ketones is 2. The van der Waals surface area contributed by atoms with Crippen LogP contribution in [0.5, 0.6) is 11.5 Å². The van der Waals surface area contributed by atoms with E-state index in [4.69, 9.17) is 9.15 Å². The zero-order valence-corrected chi connectivity index (χ0v) is 26.4. The molecule has 0 amide bonds. The molecule has 1 aromatic carbocycles. The summed E-state index contributed by atoms with van der Waals surface area (Å²) < 4.78 is 11.6. The summed E-state index contributed by atoms with van der Waals surface area (Å²) in [6.07, 6.45) is 3.89. The number of aliphatic hydroxyl groups is 2. The van der Waals surface area contributed by atoms with Crippen molar-refractivity contribution in [1.82, 2.24) is 0 Å². The molecule has 2 aromatic rings. The number of phenols is 2. The van der Waals surface area contributed by atoms with Crippen molar-refractivity contribution in [2.24, 2.45) is 34.5 Å². The van der Waals surface area contributed by atoms with Gasteiger partial charge in [0, 0.05) is 36.1 Å². The van der Waals surface area contributed by atoms with Crippen molar-refractivity contribution in [2.45, 2.75) is 77.4 Å². The Morgan fingerprint density at radius 1 is 1.04 bits per heavy atom. The van der Waals surface area contributed by atoms with Crippen LogP contribution in [0, 0.1) is 34.5 Å². The van der Waals surface area contributed by atoms with Gasteiger partial charge in [0.25, 0.3) is 0 Å². The molecule has 45 heavy (non-hydrogen) atoms. The number of rotatable bonds is 4. The first-order valence-electron chi connectivity index (χ1n) is 15.6. The molecule has 4 N–H and O–H groups in total. The molecule has 9 nitrogen and oxygen atoms in total. The first-order chi connectivity index (χ1) is 21.1. The normalized spacial score (nSPS) is 36.2. The SMILES string of the molecule is C=C1[C@@H](C[C@@H]2C(C)=CC[C@H]3C(=O)C(OC)=CC(=O)[C@@]23c2cc(=O)c3c(O)cc(O)cc3o2)[C@@]2(C)C[C@@H](O)CC(C)(C)[C@@H]2C[C@@H]1O. The molecule has 4 aliphatic carbocycles. The van der Waals surface area contributed by atoms with Crippen LogP contribution in [-0.2, 0) is 19.7 Å². The topological polar surface area (TPSA) is 154 Å². The molecule has 1 heterocycles. The van der Waals surface area contributed by atoms with Crippen molar-refractivity contribution in [3.63, 3.8) is 0 Å². The van der Waals surface area contributed by atoms with Gasteiger partial charge in [-0.15, -0.1) is 0 Å². The van der Waals surface area contributed by atoms with Crippen LogP contribution in [0.2, 0.25) is 0 Å². The molecule has 0 bridgehead atoms. The van der Waals surface area contributed by atoms with Gasteiger partial charge in [-0.05, 0) is 67.3 Å². The maximum atomic E-state index is 14.6. The fraction of sp³-hybridized carbons (Fsp3) is 0.528. The summed E-state index contributed by atoms with van der Waals surface area (Å²) in [6.45, 7) is 12.6. The Balaban J connectivity index is 1.60. The average molecular weight is 619 g/mol. The van der Waals surface area contributed by atoms with Gasteiger partial charge in [0.2, 0.25) is 5.78 Å². The lowest BCUT2D eigenvalue weighted by atomic mass is 9.44. The first-order valence-corrected chi connectivity index (χ1v) is 15.6. The van der Waals surface area contributed by atoms with Crippen molar-refractivity contribution < 1.29 is 39.2 Å². The summed E-state index contributed by atoms with van der Waals surface area (Å²) in [6, 6.07) is 3.42. The number of ether oxygens (including phenoxy) is 1. The van der Waals surface area contributed by atoms with Crippen molar-refractivity contribution in [3.05, 3.63) is 69.8 Å². The molecule has 2 fully saturated rings. The molecule has 0 aliphatic heterocycles. The summed E-state index contributed by atoms with van der Waals surface area (Å²) in [5.74, 6) is -3.69. The highest BCUT2D eigenvalue weighted by Gasteiger charge is 2.64. The van der Waals surface area contributed by atoms with E-state index in [9.17, 15) is 34.8 Å². The second-order valence-corrected chi connectivity index (χ2v) is 14.6. The summed E-state index contributed by atoms with van der Waals surface area (Å²) in [7, 11) is 1.33. The first kappa shape index (κ1) is 31.3. The van der Waals surface area contributed by atoms with E-state index in [0.717, 1.165) is 11.6 Å². The van der Waals surface area contributed by atoms with Gasteiger partial charge in [-0.25, -0.2) is 0 Å². The number of Topliss-reactive ketones (excluding diaryl/α,β-unsaturated/α-hetero) is 1. The third kappa shape index (κ3) is 4.45. The summed E-state index contributed by atoms with van der Waals surface area (Å²) in [5, 5.41) is 43.0. The molecule has 0 spiro atoms. The van der Waals surface area contributed by atoms with Gasteiger partial charge in [-0.2, -0.15) is 0 Å². The van der Waals surface area contributed by atoms with Crippen LogP contribution in [0.25, 0.3) is 11.0 Å². The molecule has 1 aromatic heterocycles. The molecule has 6 rings (SSSR count). The third-order valence-electron chi connectivity index (χ3n) is 11.8. The maximum Gasteiger partial charge on any atom is 0.202 e. The van der Waals surface area contributed by atoms with Crippen molar-refractivity contribution >= 4 is 22.5 Å². The van der Waals surface area contributed by atoms with Gasteiger partial charge in [0.15, 0.2) is 17.0 Å². The zero-order valence-electron chi connectivity index (χ0n) is 26.4. The lowest BCUT2D eigenvalue weighted by Crippen LogP contribution is -2.59. The van der Waals surface area contributed by atoms with E-state index in [-0.39, 0.29) is 51.9 Å². The van der Waals surface area contributed by atoms with E-state index in [1.165, 1.54) is 25.3 Å². The van der Waals surface area contributed by atoms with E-state index in [0.29, 0.717) is 31.3 Å². The van der Waals surface area contributed by atoms with Crippen LogP contribution in [-0.4, -0.2) is 51.3 Å². The number of carbonyl (C=O) groups excluding carboxylic acids is 2. The summed E-state index contributed by atoms with van der Waals surface area (Å²) >= 11 is 0. The minimum absolute atomic E-state index is 0.0371. The number of carbonyl (C=O) groups is 2. The van der Waals surface area contributed by atoms with Crippen LogP contribution in [0.3, 0.4) is 0 Å². The number of allylic oxidation sites excluding steroid dienone is 4. The Labute approximate surface area is 261 Å². The monoisotopic (exact) mass is 618 g/mol. The number of phenolic OH excluding ortho intramolecular Hbond substituents is 2. The van der Waals surface area contributed by atoms with Crippen LogP contribution in [0.15, 0.2) is 63.0 Å². The smallest absolute Gasteiger partial charge is 0.202 e. The van der Waals surface area contributed by atoms with Crippen molar-refractivity contribution in [1.29, 1.82) is 0 Å². The largest absolute Gasteiger partial charge is 0.508 e. The molecule has 2 saturated carbocycles. The maximum absolute atomic E-state index is 14.6. The molecule has 4 aliphatic rings. The number of fused-ring (bicyclic) bond motifs is 3. The number of hydrogen-bond donors (Lipinski definition) is 4. The Bertz CT molecular complexity index is 1740. The van der Waals surface area contributed by atoms with Gasteiger partial charge < -0.3 is 29.6 Å². The zero-order chi connectivity index (χ0) is 32.8. The van der Waals surface area contributed by atoms with Gasteiger partial charge in [0.1, 0.15) is 33.6 Å². The Hall–Kier alpha value is -3.69. The second kappa shape index (κ2) is 10.4. The lowest BCUT2D eigenvalue weighted by molar-refractivity contribution is -0.141. The van der Waals surface area contributed by atoms with Crippen LogP contribution >= 0.6 is 0 Å². The number of benzene rings is 1. The predicted octanol–water partition coefficient (Wildman–Crippen LogP) is 4.84. The van der Waals surface area contributed by atoms with Crippen LogP contribution in [0.4, 0.5) is 0 Å². The van der Waals surface area contributed by atoms with E-state index in [1.54, 1.807) is 0 Å². The number of aliphatic hydroxyl groups excluding tert-OH is 2. The molecule has 0 radical (unpaired) electrons. The van der Waals surface area contributed by atoms with E-state index >= 15 is 0 Å². The highest BCUT2D eigenvalue weighted by atomic mass is 16.5. The second-order valence-electron chi connectivity index (χ2n) is 14.6.